The highest BCUT2D eigenvalue weighted by molar-refractivity contribution is 5.64. The van der Waals surface area contributed by atoms with Crippen LogP contribution in [0.1, 0.15) is 5.56 Å². The number of rotatable bonds is 3. The van der Waals surface area contributed by atoms with Crippen molar-refractivity contribution in [3.8, 4) is 16.9 Å². The first-order valence-corrected chi connectivity index (χ1v) is 5.18. The van der Waals surface area contributed by atoms with Crippen LogP contribution < -0.4 is 10.5 Å². The van der Waals surface area contributed by atoms with Gasteiger partial charge in [-0.3, -0.25) is 0 Å². The molecule has 2 rings (SSSR count). The topological polar surface area (TPSA) is 35.2 Å². The molecule has 0 atom stereocenters. The molecular formula is C14H14NO. The van der Waals surface area contributed by atoms with Gasteiger partial charge in [-0.15, -0.1) is 0 Å². The van der Waals surface area contributed by atoms with Gasteiger partial charge in [-0.05, 0) is 28.8 Å². The quantitative estimate of drug-likeness (QED) is 0.848. The molecule has 0 aliphatic carbocycles. The lowest BCUT2D eigenvalue weighted by molar-refractivity contribution is 0.414. The van der Waals surface area contributed by atoms with Gasteiger partial charge in [0, 0.05) is 12.6 Å². The summed E-state index contributed by atoms with van der Waals surface area (Å²) in [7, 11) is 1.64. The lowest BCUT2D eigenvalue weighted by Crippen LogP contribution is -1.95. The summed E-state index contributed by atoms with van der Waals surface area (Å²) in [5.41, 5.74) is 8.99. The Morgan fingerprint density at radius 1 is 1.06 bits per heavy atom. The molecule has 0 aliphatic heterocycles. The molecule has 2 nitrogen and oxygen atoms in total. The van der Waals surface area contributed by atoms with Gasteiger partial charge in [-0.2, -0.15) is 0 Å². The number of ether oxygens (including phenoxy) is 1. The van der Waals surface area contributed by atoms with E-state index in [1.165, 1.54) is 0 Å². The highest BCUT2D eigenvalue weighted by Crippen LogP contribution is 2.22. The van der Waals surface area contributed by atoms with Gasteiger partial charge in [0.15, 0.2) is 0 Å². The van der Waals surface area contributed by atoms with Gasteiger partial charge < -0.3 is 10.5 Å². The van der Waals surface area contributed by atoms with E-state index in [1.54, 1.807) is 7.11 Å². The largest absolute Gasteiger partial charge is 0.496 e. The van der Waals surface area contributed by atoms with Crippen LogP contribution in [0.2, 0.25) is 0 Å². The molecule has 1 radical (unpaired) electrons. The molecule has 0 saturated carbocycles. The van der Waals surface area contributed by atoms with Crippen molar-refractivity contribution in [3.05, 3.63) is 54.1 Å². The molecular weight excluding hydrogens is 198 g/mol. The van der Waals surface area contributed by atoms with E-state index in [1.807, 2.05) is 30.3 Å². The standard InChI is InChI=1S/C14H14NO/c1-16-14-8-6-13(7-9-14)12-4-2-11(10-15)3-5-12/h2-8H,10,15H2,1H3. The van der Waals surface area contributed by atoms with Crippen LogP contribution in [-0.4, -0.2) is 7.11 Å². The fourth-order valence-electron chi connectivity index (χ4n) is 1.55. The minimum atomic E-state index is 0.578. The number of hydrogen-bond donors (Lipinski definition) is 1. The molecule has 0 amide bonds. The minimum absolute atomic E-state index is 0.578. The van der Waals surface area contributed by atoms with Crippen molar-refractivity contribution in [1.29, 1.82) is 0 Å². The zero-order valence-electron chi connectivity index (χ0n) is 9.23. The first-order chi connectivity index (χ1) is 7.83. The van der Waals surface area contributed by atoms with Crippen molar-refractivity contribution in [3.63, 3.8) is 0 Å². The summed E-state index contributed by atoms with van der Waals surface area (Å²) in [5.74, 6) is 0.752. The molecule has 2 heteroatoms. The molecule has 2 aromatic carbocycles. The summed E-state index contributed by atoms with van der Waals surface area (Å²) in [5, 5.41) is 0. The van der Waals surface area contributed by atoms with E-state index in [2.05, 4.69) is 18.2 Å². The molecule has 0 aliphatic rings. The average molecular weight is 212 g/mol. The van der Waals surface area contributed by atoms with Gasteiger partial charge in [0.25, 0.3) is 0 Å². The lowest BCUT2D eigenvalue weighted by Gasteiger charge is -2.04. The lowest BCUT2D eigenvalue weighted by atomic mass is 10.0. The molecule has 0 heterocycles. The first kappa shape index (κ1) is 10.7. The Morgan fingerprint density at radius 2 is 1.75 bits per heavy atom. The monoisotopic (exact) mass is 212 g/mol. The summed E-state index contributed by atoms with van der Waals surface area (Å²) in [6.45, 7) is 0.578. The van der Waals surface area contributed by atoms with Crippen molar-refractivity contribution in [1.82, 2.24) is 0 Å². The summed E-state index contributed by atoms with van der Waals surface area (Å²) >= 11 is 0. The van der Waals surface area contributed by atoms with Crippen molar-refractivity contribution in [2.45, 2.75) is 6.54 Å². The first-order valence-electron chi connectivity index (χ1n) is 5.18. The van der Waals surface area contributed by atoms with E-state index in [0.717, 1.165) is 22.4 Å². The SMILES string of the molecule is COc1[c]cc(-c2ccc(CN)cc2)cc1. The Hall–Kier alpha value is -1.80. The molecule has 0 spiro atoms. The number of methoxy groups -OCH3 is 1. The Bertz CT molecular complexity index is 400. The van der Waals surface area contributed by atoms with Crippen LogP contribution in [0.15, 0.2) is 42.5 Å². The van der Waals surface area contributed by atoms with E-state index in [-0.39, 0.29) is 0 Å². The average Bonchev–Trinajstić information content (AvgIpc) is 2.39. The minimum Gasteiger partial charge on any atom is -0.496 e. The second-order valence-corrected chi connectivity index (χ2v) is 3.55. The van der Waals surface area contributed by atoms with Crippen LogP contribution in [0, 0.1) is 6.07 Å². The van der Waals surface area contributed by atoms with Gasteiger partial charge in [-0.1, -0.05) is 30.3 Å². The molecule has 0 unspecified atom stereocenters. The second kappa shape index (κ2) is 4.81. The Balaban J connectivity index is 2.28. The fourth-order valence-corrected chi connectivity index (χ4v) is 1.55. The van der Waals surface area contributed by atoms with E-state index >= 15 is 0 Å². The zero-order valence-corrected chi connectivity index (χ0v) is 9.23. The Morgan fingerprint density at radius 3 is 2.25 bits per heavy atom. The summed E-state index contributed by atoms with van der Waals surface area (Å²) in [4.78, 5) is 0. The molecule has 16 heavy (non-hydrogen) atoms. The molecule has 0 saturated heterocycles. The van der Waals surface area contributed by atoms with Crippen LogP contribution >= 0.6 is 0 Å². The van der Waals surface area contributed by atoms with E-state index in [0.29, 0.717) is 6.54 Å². The van der Waals surface area contributed by atoms with E-state index < -0.39 is 0 Å². The normalized spacial score (nSPS) is 10.1. The molecule has 0 bridgehead atoms. The zero-order chi connectivity index (χ0) is 11.4. The molecule has 2 N–H and O–H groups in total. The van der Waals surface area contributed by atoms with E-state index in [4.69, 9.17) is 10.5 Å². The van der Waals surface area contributed by atoms with Gasteiger partial charge in [0.1, 0.15) is 5.75 Å². The van der Waals surface area contributed by atoms with Crippen LogP contribution in [-0.2, 0) is 6.54 Å². The molecule has 2 aromatic rings. The third kappa shape index (κ3) is 2.23. The predicted molar refractivity (Wildman–Crippen MR) is 65.2 cm³/mol. The van der Waals surface area contributed by atoms with Crippen LogP contribution in [0.4, 0.5) is 0 Å². The summed E-state index contributed by atoms with van der Waals surface area (Å²) in [6.07, 6.45) is 0. The van der Waals surface area contributed by atoms with Gasteiger partial charge >= 0.3 is 0 Å². The maximum atomic E-state index is 5.55. The van der Waals surface area contributed by atoms with Crippen LogP contribution in [0.25, 0.3) is 11.1 Å². The van der Waals surface area contributed by atoms with Crippen molar-refractivity contribution in [2.75, 3.05) is 7.11 Å². The highest BCUT2D eigenvalue weighted by atomic mass is 16.5. The smallest absolute Gasteiger partial charge is 0.126 e. The molecule has 0 aromatic heterocycles. The summed E-state index contributed by atoms with van der Waals surface area (Å²) < 4.78 is 5.07. The summed E-state index contributed by atoms with van der Waals surface area (Å²) in [6, 6.07) is 17.1. The number of nitrogens with two attached hydrogens (primary N) is 1. The van der Waals surface area contributed by atoms with Gasteiger partial charge in [0.05, 0.1) is 7.11 Å². The molecule has 81 valence electrons. The van der Waals surface area contributed by atoms with Gasteiger partial charge in [0.2, 0.25) is 0 Å². The highest BCUT2D eigenvalue weighted by Gasteiger charge is 1.98. The number of benzene rings is 2. The van der Waals surface area contributed by atoms with Crippen LogP contribution in [0.3, 0.4) is 0 Å². The van der Waals surface area contributed by atoms with E-state index in [9.17, 15) is 0 Å². The fraction of sp³-hybridized carbons (Fsp3) is 0.143. The maximum absolute atomic E-state index is 5.55. The predicted octanol–water partition coefficient (Wildman–Crippen LogP) is 2.62. The van der Waals surface area contributed by atoms with Crippen molar-refractivity contribution in [2.24, 2.45) is 5.73 Å². The second-order valence-electron chi connectivity index (χ2n) is 3.55. The molecule has 0 fully saturated rings. The van der Waals surface area contributed by atoms with Crippen molar-refractivity contribution >= 4 is 0 Å². The van der Waals surface area contributed by atoms with Crippen molar-refractivity contribution < 1.29 is 4.74 Å². The maximum Gasteiger partial charge on any atom is 0.126 e. The Labute approximate surface area is 95.7 Å². The Kier molecular flexibility index (Phi) is 3.22. The third-order valence-corrected chi connectivity index (χ3v) is 2.53. The third-order valence-electron chi connectivity index (χ3n) is 2.53. The number of hydrogen-bond acceptors (Lipinski definition) is 2. The van der Waals surface area contributed by atoms with Gasteiger partial charge in [-0.25, -0.2) is 0 Å². The van der Waals surface area contributed by atoms with Crippen LogP contribution in [0.5, 0.6) is 5.75 Å².